The van der Waals surface area contributed by atoms with Crippen molar-refractivity contribution in [2.45, 2.75) is 37.7 Å². The summed E-state index contributed by atoms with van der Waals surface area (Å²) in [6.45, 7) is 3.90. The van der Waals surface area contributed by atoms with Gasteiger partial charge >= 0.3 is 0 Å². The third-order valence-corrected chi connectivity index (χ3v) is 5.43. The molecule has 1 aliphatic heterocycles. The number of ether oxygens (including phenoxy) is 1. The van der Waals surface area contributed by atoms with Crippen LogP contribution >= 0.6 is 0 Å². The summed E-state index contributed by atoms with van der Waals surface area (Å²) in [7, 11) is 1.66. The maximum absolute atomic E-state index is 12.8. The van der Waals surface area contributed by atoms with E-state index in [0.717, 1.165) is 42.7 Å². The summed E-state index contributed by atoms with van der Waals surface area (Å²) in [5, 5.41) is 16.1. The molecule has 3 rings (SSSR count). The molecule has 0 radical (unpaired) electrons. The molecule has 0 spiro atoms. The zero-order valence-electron chi connectivity index (χ0n) is 13.9. The molecule has 5 nitrogen and oxygen atoms in total. The first kappa shape index (κ1) is 16.3. The maximum Gasteiger partial charge on any atom is 0.230 e. The van der Waals surface area contributed by atoms with E-state index in [0.29, 0.717) is 13.1 Å². The molecule has 3 N–H and O–H groups in total. The number of carbonyl (C=O) groups is 1. The van der Waals surface area contributed by atoms with E-state index in [4.69, 9.17) is 4.74 Å². The summed E-state index contributed by atoms with van der Waals surface area (Å²) >= 11 is 0. The lowest BCUT2D eigenvalue weighted by molar-refractivity contribution is -0.130. The van der Waals surface area contributed by atoms with E-state index >= 15 is 0 Å². The van der Waals surface area contributed by atoms with Gasteiger partial charge in [-0.3, -0.25) is 4.79 Å². The lowest BCUT2D eigenvalue weighted by atomic mass is 9.63. The van der Waals surface area contributed by atoms with E-state index in [9.17, 15) is 9.90 Å². The number of hydrogen-bond acceptors (Lipinski definition) is 4. The second-order valence-electron chi connectivity index (χ2n) is 6.82. The van der Waals surface area contributed by atoms with Gasteiger partial charge in [-0.2, -0.15) is 0 Å². The molecule has 126 valence electrons. The first-order chi connectivity index (χ1) is 11.1. The Bertz CT molecular complexity index is 584. The fourth-order valence-corrected chi connectivity index (χ4v) is 3.62. The summed E-state index contributed by atoms with van der Waals surface area (Å²) in [5.41, 5.74) is 1.68. The quantitative estimate of drug-likeness (QED) is 0.761. The minimum Gasteiger partial charge on any atom is -0.496 e. The Morgan fingerprint density at radius 2 is 2.22 bits per heavy atom. The molecule has 1 saturated carbocycles. The molecule has 23 heavy (non-hydrogen) atoms. The zero-order valence-corrected chi connectivity index (χ0v) is 13.9. The third-order valence-electron chi connectivity index (χ3n) is 5.43. The van der Waals surface area contributed by atoms with E-state index < -0.39 is 5.41 Å². The number of aliphatic hydroxyl groups excluding tert-OH is 1. The molecular formula is C18H26N2O3. The predicted molar refractivity (Wildman–Crippen MR) is 88.6 cm³/mol. The minimum absolute atomic E-state index is 0.0776. The molecule has 5 heteroatoms. The standard InChI is InChI=1S/C18H26N2O3/c1-12-4-5-14(8-16(12)23-2)18(6-3-7-18)17(22)20-10-13-9-19-11-15(13)21/h4-5,8,13,15,19,21H,3,6-7,9-11H2,1-2H3,(H,20,22). The van der Waals surface area contributed by atoms with Crippen LogP contribution in [0.3, 0.4) is 0 Å². The van der Waals surface area contributed by atoms with Crippen LogP contribution < -0.4 is 15.4 Å². The van der Waals surface area contributed by atoms with Crippen LogP contribution in [0.5, 0.6) is 5.75 Å². The highest BCUT2D eigenvalue weighted by Gasteiger charge is 2.46. The smallest absolute Gasteiger partial charge is 0.230 e. The first-order valence-electron chi connectivity index (χ1n) is 8.39. The van der Waals surface area contributed by atoms with Gasteiger partial charge < -0.3 is 20.5 Å². The van der Waals surface area contributed by atoms with Gasteiger partial charge in [0, 0.05) is 25.6 Å². The largest absolute Gasteiger partial charge is 0.496 e. The van der Waals surface area contributed by atoms with Crippen molar-refractivity contribution in [3.05, 3.63) is 29.3 Å². The lowest BCUT2D eigenvalue weighted by Gasteiger charge is -2.41. The molecule has 1 amide bonds. The fourth-order valence-electron chi connectivity index (χ4n) is 3.62. The average molecular weight is 318 g/mol. The van der Waals surface area contributed by atoms with Crippen molar-refractivity contribution in [3.63, 3.8) is 0 Å². The highest BCUT2D eigenvalue weighted by molar-refractivity contribution is 5.89. The molecule has 1 aromatic carbocycles. The van der Waals surface area contributed by atoms with Crippen molar-refractivity contribution >= 4 is 5.91 Å². The number of methoxy groups -OCH3 is 1. The summed E-state index contributed by atoms with van der Waals surface area (Å²) in [6, 6.07) is 6.06. The second kappa shape index (κ2) is 6.49. The number of amides is 1. The van der Waals surface area contributed by atoms with Gasteiger partial charge in [-0.15, -0.1) is 0 Å². The summed E-state index contributed by atoms with van der Waals surface area (Å²) in [5.74, 6) is 1.01. The molecule has 1 saturated heterocycles. The number of nitrogens with one attached hydrogen (secondary N) is 2. The lowest BCUT2D eigenvalue weighted by Crippen LogP contribution is -2.50. The number of aryl methyl sites for hydroxylation is 1. The molecule has 0 aromatic heterocycles. The first-order valence-corrected chi connectivity index (χ1v) is 8.39. The van der Waals surface area contributed by atoms with Crippen LogP contribution in [0, 0.1) is 12.8 Å². The van der Waals surface area contributed by atoms with Gasteiger partial charge in [0.15, 0.2) is 0 Å². The Balaban J connectivity index is 1.73. The fraction of sp³-hybridized carbons (Fsp3) is 0.611. The molecule has 2 aliphatic rings. The number of aliphatic hydroxyl groups is 1. The van der Waals surface area contributed by atoms with E-state index in [1.54, 1.807) is 7.11 Å². The third kappa shape index (κ3) is 2.95. The molecule has 0 bridgehead atoms. The summed E-state index contributed by atoms with van der Waals surface area (Å²) in [4.78, 5) is 12.8. The monoisotopic (exact) mass is 318 g/mol. The van der Waals surface area contributed by atoms with Gasteiger partial charge in [0.2, 0.25) is 5.91 Å². The van der Waals surface area contributed by atoms with Crippen molar-refractivity contribution in [3.8, 4) is 5.75 Å². The summed E-state index contributed by atoms with van der Waals surface area (Å²) in [6.07, 6.45) is 2.44. The van der Waals surface area contributed by atoms with Gasteiger partial charge in [0.05, 0.1) is 18.6 Å². The molecule has 2 atom stereocenters. The highest BCUT2D eigenvalue weighted by atomic mass is 16.5. The Kier molecular flexibility index (Phi) is 4.60. The van der Waals surface area contributed by atoms with Crippen LogP contribution in [0.25, 0.3) is 0 Å². The molecule has 1 heterocycles. The average Bonchev–Trinajstić information content (AvgIpc) is 2.91. The van der Waals surface area contributed by atoms with Crippen molar-refractivity contribution < 1.29 is 14.6 Å². The number of β-amino-alcohol motifs (C(OH)–C–C–N with tert-alkyl or cyclic N) is 1. The van der Waals surface area contributed by atoms with E-state index in [-0.39, 0.29) is 17.9 Å². The van der Waals surface area contributed by atoms with Crippen LogP contribution in [-0.2, 0) is 10.2 Å². The van der Waals surface area contributed by atoms with E-state index in [2.05, 4.69) is 10.6 Å². The molecule has 1 aromatic rings. The van der Waals surface area contributed by atoms with Crippen LogP contribution in [0.2, 0.25) is 0 Å². The maximum atomic E-state index is 12.8. The molecule has 2 unspecified atom stereocenters. The Hall–Kier alpha value is -1.59. The minimum atomic E-state index is -0.433. The topological polar surface area (TPSA) is 70.6 Å². The number of carbonyl (C=O) groups excluding carboxylic acids is 1. The predicted octanol–water partition coefficient (Wildman–Crippen LogP) is 1.12. The van der Waals surface area contributed by atoms with E-state index in [1.165, 1.54) is 0 Å². The van der Waals surface area contributed by atoms with Crippen LogP contribution in [0.15, 0.2) is 18.2 Å². The van der Waals surface area contributed by atoms with Crippen LogP contribution in [-0.4, -0.2) is 43.9 Å². The molecular weight excluding hydrogens is 292 g/mol. The second-order valence-corrected chi connectivity index (χ2v) is 6.82. The van der Waals surface area contributed by atoms with Gasteiger partial charge in [-0.1, -0.05) is 18.6 Å². The van der Waals surface area contributed by atoms with Gasteiger partial charge in [-0.25, -0.2) is 0 Å². The normalized spacial score (nSPS) is 25.7. The molecule has 2 fully saturated rings. The van der Waals surface area contributed by atoms with Gasteiger partial charge in [0.25, 0.3) is 0 Å². The van der Waals surface area contributed by atoms with Crippen LogP contribution in [0.1, 0.15) is 30.4 Å². The number of benzene rings is 1. The molecule has 1 aliphatic carbocycles. The van der Waals surface area contributed by atoms with Crippen molar-refractivity contribution in [1.82, 2.24) is 10.6 Å². The summed E-state index contributed by atoms with van der Waals surface area (Å²) < 4.78 is 5.41. The Morgan fingerprint density at radius 1 is 1.43 bits per heavy atom. The van der Waals surface area contributed by atoms with Gasteiger partial charge in [-0.05, 0) is 37.0 Å². The van der Waals surface area contributed by atoms with Crippen molar-refractivity contribution in [2.75, 3.05) is 26.7 Å². The Labute approximate surface area is 137 Å². The number of rotatable bonds is 5. The van der Waals surface area contributed by atoms with E-state index in [1.807, 2.05) is 25.1 Å². The van der Waals surface area contributed by atoms with Crippen molar-refractivity contribution in [1.29, 1.82) is 0 Å². The number of hydrogen-bond donors (Lipinski definition) is 3. The van der Waals surface area contributed by atoms with Crippen LogP contribution in [0.4, 0.5) is 0 Å². The Morgan fingerprint density at radius 3 is 2.78 bits per heavy atom. The SMILES string of the molecule is COc1cc(C2(C(=O)NCC3CNCC3O)CCC2)ccc1C. The zero-order chi connectivity index (χ0) is 16.4. The highest BCUT2D eigenvalue weighted by Crippen LogP contribution is 2.45. The van der Waals surface area contributed by atoms with Gasteiger partial charge in [0.1, 0.15) is 5.75 Å². The van der Waals surface area contributed by atoms with Crippen molar-refractivity contribution in [2.24, 2.45) is 5.92 Å².